The van der Waals surface area contributed by atoms with Crippen LogP contribution >= 0.6 is 0 Å². The van der Waals surface area contributed by atoms with Gasteiger partial charge in [0.2, 0.25) is 5.91 Å². The van der Waals surface area contributed by atoms with E-state index in [-0.39, 0.29) is 17.4 Å². The Morgan fingerprint density at radius 2 is 1.81 bits per heavy atom. The van der Waals surface area contributed by atoms with Crippen molar-refractivity contribution < 1.29 is 19.5 Å². The number of hydrogen-bond donors (Lipinski definition) is 3. The number of likely N-dealkylation sites (N-methyl/N-ethyl adjacent to an activating group) is 1. The van der Waals surface area contributed by atoms with Crippen molar-refractivity contribution in [2.45, 2.75) is 6.42 Å². The van der Waals surface area contributed by atoms with Crippen LogP contribution in [-0.2, 0) is 16.0 Å². The zero-order valence-corrected chi connectivity index (χ0v) is 20.0. The number of benzene rings is 3. The molecule has 2 amide bonds. The average Bonchev–Trinajstić information content (AvgIpc) is 3.42. The van der Waals surface area contributed by atoms with Gasteiger partial charge in [-0.1, -0.05) is 36.4 Å². The summed E-state index contributed by atoms with van der Waals surface area (Å²) in [5.74, 6) is -1.30. The van der Waals surface area contributed by atoms with Crippen molar-refractivity contribution in [3.8, 4) is 0 Å². The molecule has 5 rings (SSSR count). The number of hydrogen-bond acceptors (Lipinski definition) is 5. The summed E-state index contributed by atoms with van der Waals surface area (Å²) in [5, 5.41) is 15.6. The monoisotopic (exact) mass is 482 g/mol. The van der Waals surface area contributed by atoms with E-state index in [0.717, 1.165) is 28.9 Å². The van der Waals surface area contributed by atoms with Crippen LogP contribution in [0.25, 0.3) is 11.3 Å². The molecule has 3 N–H and O–H groups in total. The zero-order valence-electron chi connectivity index (χ0n) is 20.0. The van der Waals surface area contributed by atoms with Crippen molar-refractivity contribution in [2.75, 3.05) is 42.7 Å². The molecule has 8 heteroatoms. The molecule has 0 spiro atoms. The van der Waals surface area contributed by atoms with Crippen LogP contribution < -0.4 is 15.5 Å². The molecule has 36 heavy (non-hydrogen) atoms. The van der Waals surface area contributed by atoms with Crippen LogP contribution in [0.1, 0.15) is 27.0 Å². The number of nitrogens with zero attached hydrogens (tertiary/aromatic N) is 2. The third-order valence-corrected chi connectivity index (χ3v) is 6.32. The molecule has 0 aromatic heterocycles. The lowest BCUT2D eigenvalue weighted by Crippen LogP contribution is -2.36. The molecule has 182 valence electrons. The smallest absolute Gasteiger partial charge is 0.335 e. The molecular formula is C28H26N4O4. The van der Waals surface area contributed by atoms with Gasteiger partial charge < -0.3 is 25.5 Å². The Morgan fingerprint density at radius 1 is 1.03 bits per heavy atom. The fourth-order valence-electron chi connectivity index (χ4n) is 4.68. The van der Waals surface area contributed by atoms with Gasteiger partial charge in [-0.2, -0.15) is 0 Å². The summed E-state index contributed by atoms with van der Waals surface area (Å²) in [6, 6.07) is 20.0. The number of nitrogens with one attached hydrogen (secondary N) is 2. The molecule has 0 radical (unpaired) electrons. The fourth-order valence-corrected chi connectivity index (χ4v) is 4.68. The first-order chi connectivity index (χ1) is 17.3. The molecule has 0 unspecified atom stereocenters. The predicted molar refractivity (Wildman–Crippen MR) is 140 cm³/mol. The van der Waals surface area contributed by atoms with Gasteiger partial charge in [0.15, 0.2) is 0 Å². The topological polar surface area (TPSA) is 102 Å². The second-order valence-electron chi connectivity index (χ2n) is 9.14. The summed E-state index contributed by atoms with van der Waals surface area (Å²) in [5.41, 5.74) is 5.86. The highest BCUT2D eigenvalue weighted by Gasteiger charge is 2.30. The van der Waals surface area contributed by atoms with Crippen LogP contribution in [0.3, 0.4) is 0 Å². The Bertz CT molecular complexity index is 1410. The van der Waals surface area contributed by atoms with E-state index >= 15 is 0 Å². The maximum absolute atomic E-state index is 13.1. The highest BCUT2D eigenvalue weighted by Crippen LogP contribution is 2.39. The van der Waals surface area contributed by atoms with Crippen molar-refractivity contribution >= 4 is 46.1 Å². The number of rotatable bonds is 6. The predicted octanol–water partition coefficient (Wildman–Crippen LogP) is 3.77. The molecule has 2 heterocycles. The van der Waals surface area contributed by atoms with Crippen LogP contribution in [0.15, 0.2) is 66.7 Å². The first kappa shape index (κ1) is 23.3. The van der Waals surface area contributed by atoms with E-state index in [2.05, 4.69) is 10.6 Å². The summed E-state index contributed by atoms with van der Waals surface area (Å²) in [7, 11) is 3.75. The third-order valence-electron chi connectivity index (χ3n) is 6.32. The van der Waals surface area contributed by atoms with Crippen LogP contribution in [0.4, 0.5) is 17.1 Å². The van der Waals surface area contributed by atoms with Crippen molar-refractivity contribution in [1.29, 1.82) is 0 Å². The Kier molecular flexibility index (Phi) is 6.03. The summed E-state index contributed by atoms with van der Waals surface area (Å²) in [6.45, 7) is 0.988. The van der Waals surface area contributed by atoms with Crippen molar-refractivity contribution in [3.05, 3.63) is 89.0 Å². The normalized spacial score (nSPS) is 15.4. The largest absolute Gasteiger partial charge is 0.478 e. The number of aromatic carboxylic acids is 1. The molecule has 2 aliphatic heterocycles. The molecule has 0 aliphatic carbocycles. The lowest BCUT2D eigenvalue weighted by Gasteiger charge is -2.20. The third kappa shape index (κ3) is 4.34. The molecule has 0 saturated heterocycles. The molecule has 0 saturated carbocycles. The molecule has 8 nitrogen and oxygen atoms in total. The number of amides is 2. The van der Waals surface area contributed by atoms with Crippen LogP contribution in [0, 0.1) is 0 Å². The van der Waals surface area contributed by atoms with Gasteiger partial charge in [-0.05, 0) is 62.0 Å². The van der Waals surface area contributed by atoms with Crippen molar-refractivity contribution in [2.24, 2.45) is 0 Å². The molecule has 0 fully saturated rings. The standard InChI is InChI=1S/C28H26N4O4/c1-31(2)16-24(33)32-13-12-18-14-20(9-11-23(18)32)29-26(17-6-4-3-5-7-17)25-21-10-8-19(28(35)36)15-22(21)30-27(25)34/h3-11,14-15,29H,12-13,16H2,1-2H3,(H,30,34)(H,35,36). The highest BCUT2D eigenvalue weighted by atomic mass is 16.4. The zero-order chi connectivity index (χ0) is 25.4. The molecule has 0 bridgehead atoms. The van der Waals surface area contributed by atoms with Gasteiger partial charge in [-0.15, -0.1) is 0 Å². The van der Waals surface area contributed by atoms with E-state index in [9.17, 15) is 19.5 Å². The average molecular weight is 483 g/mol. The number of carbonyl (C=O) groups is 3. The van der Waals surface area contributed by atoms with Gasteiger partial charge in [0.05, 0.1) is 29.1 Å². The summed E-state index contributed by atoms with van der Waals surface area (Å²) in [4.78, 5) is 40.8. The summed E-state index contributed by atoms with van der Waals surface area (Å²) >= 11 is 0. The number of fused-ring (bicyclic) bond motifs is 2. The lowest BCUT2D eigenvalue weighted by atomic mass is 9.99. The van der Waals surface area contributed by atoms with Gasteiger partial charge in [-0.25, -0.2) is 4.79 Å². The van der Waals surface area contributed by atoms with E-state index in [4.69, 9.17) is 0 Å². The summed E-state index contributed by atoms with van der Waals surface area (Å²) < 4.78 is 0. The lowest BCUT2D eigenvalue weighted by molar-refractivity contribution is -0.119. The Balaban J connectivity index is 1.54. The van der Waals surface area contributed by atoms with E-state index in [1.165, 1.54) is 12.1 Å². The molecule has 3 aromatic carbocycles. The van der Waals surface area contributed by atoms with Gasteiger partial charge in [0.25, 0.3) is 5.91 Å². The molecule has 2 aliphatic rings. The highest BCUT2D eigenvalue weighted by molar-refractivity contribution is 6.37. The van der Waals surface area contributed by atoms with Crippen molar-refractivity contribution in [1.82, 2.24) is 4.90 Å². The Labute approximate surface area is 208 Å². The second-order valence-corrected chi connectivity index (χ2v) is 9.14. The fraction of sp³-hybridized carbons (Fsp3) is 0.179. The first-order valence-corrected chi connectivity index (χ1v) is 11.7. The maximum atomic E-state index is 13.1. The quantitative estimate of drug-likeness (QED) is 0.463. The summed E-state index contributed by atoms with van der Waals surface area (Å²) in [6.07, 6.45) is 0.753. The van der Waals surface area contributed by atoms with E-state index in [1.807, 2.05) is 72.4 Å². The maximum Gasteiger partial charge on any atom is 0.335 e. The van der Waals surface area contributed by atoms with Gasteiger partial charge in [0.1, 0.15) is 0 Å². The van der Waals surface area contributed by atoms with E-state index < -0.39 is 5.97 Å². The first-order valence-electron chi connectivity index (χ1n) is 11.7. The molecule has 0 atom stereocenters. The second kappa shape index (κ2) is 9.31. The molecule has 3 aromatic rings. The minimum atomic E-state index is -1.05. The van der Waals surface area contributed by atoms with E-state index in [0.29, 0.717) is 35.6 Å². The van der Waals surface area contributed by atoms with Gasteiger partial charge in [0, 0.05) is 23.5 Å². The van der Waals surface area contributed by atoms with Crippen LogP contribution in [0.2, 0.25) is 0 Å². The van der Waals surface area contributed by atoms with Gasteiger partial charge >= 0.3 is 5.97 Å². The number of carboxylic acid groups (broad SMARTS) is 1. The molecular weight excluding hydrogens is 456 g/mol. The minimum Gasteiger partial charge on any atom is -0.478 e. The number of carboxylic acids is 1. The Hall–Kier alpha value is -4.43. The minimum absolute atomic E-state index is 0.0616. The SMILES string of the molecule is CN(C)CC(=O)N1CCc2cc(NC(=C3C(=O)Nc4cc(C(=O)O)ccc43)c3ccccc3)ccc21. The van der Waals surface area contributed by atoms with E-state index in [1.54, 1.807) is 6.07 Å². The van der Waals surface area contributed by atoms with Gasteiger partial charge in [-0.3, -0.25) is 9.59 Å². The van der Waals surface area contributed by atoms with Crippen molar-refractivity contribution in [3.63, 3.8) is 0 Å². The van der Waals surface area contributed by atoms with Crippen LogP contribution in [-0.4, -0.2) is 55.0 Å². The Morgan fingerprint density at radius 3 is 2.53 bits per heavy atom. The number of carbonyl (C=O) groups excluding carboxylic acids is 2. The van der Waals surface area contributed by atoms with Crippen LogP contribution in [0.5, 0.6) is 0 Å². The number of anilines is 3.